The molecule has 0 unspecified atom stereocenters. The van der Waals surface area contributed by atoms with Gasteiger partial charge in [-0.3, -0.25) is 4.79 Å². The van der Waals surface area contributed by atoms with Crippen LogP contribution < -0.4 is 14.8 Å². The van der Waals surface area contributed by atoms with Gasteiger partial charge in [-0.2, -0.15) is 0 Å². The lowest BCUT2D eigenvalue weighted by Gasteiger charge is -2.18. The Hall–Kier alpha value is -1.71. The van der Waals surface area contributed by atoms with Gasteiger partial charge < -0.3 is 14.8 Å². The van der Waals surface area contributed by atoms with Crippen molar-refractivity contribution in [3.63, 3.8) is 0 Å². The van der Waals surface area contributed by atoms with E-state index in [0.29, 0.717) is 13.0 Å². The molecule has 0 bridgehead atoms. The summed E-state index contributed by atoms with van der Waals surface area (Å²) < 4.78 is 10.7. The molecule has 1 aromatic carbocycles. The van der Waals surface area contributed by atoms with Crippen LogP contribution in [0.1, 0.15) is 38.3 Å². The molecule has 1 rings (SSSR count). The molecule has 1 N–H and O–H groups in total. The SMILES string of the molecule is COc1ccc(CNC(=O)CC(C)(C)C)c(OC)c1C. The predicted octanol–water partition coefficient (Wildman–Crippen LogP) is 3.06. The minimum Gasteiger partial charge on any atom is -0.496 e. The average molecular weight is 279 g/mol. The normalized spacial score (nSPS) is 11.1. The molecule has 4 nitrogen and oxygen atoms in total. The first-order chi connectivity index (χ1) is 9.28. The van der Waals surface area contributed by atoms with Gasteiger partial charge in [0.05, 0.1) is 14.2 Å². The highest BCUT2D eigenvalue weighted by Crippen LogP contribution is 2.31. The Kier molecular flexibility index (Phi) is 5.43. The van der Waals surface area contributed by atoms with Gasteiger partial charge in [-0.15, -0.1) is 0 Å². The van der Waals surface area contributed by atoms with E-state index in [0.717, 1.165) is 22.6 Å². The van der Waals surface area contributed by atoms with Gasteiger partial charge >= 0.3 is 0 Å². The van der Waals surface area contributed by atoms with Crippen molar-refractivity contribution in [3.8, 4) is 11.5 Å². The number of nitrogens with one attached hydrogen (secondary N) is 1. The maximum Gasteiger partial charge on any atom is 0.220 e. The highest BCUT2D eigenvalue weighted by atomic mass is 16.5. The Labute approximate surface area is 121 Å². The molecule has 0 fully saturated rings. The van der Waals surface area contributed by atoms with Gasteiger partial charge in [-0.25, -0.2) is 0 Å². The molecule has 0 saturated carbocycles. The van der Waals surface area contributed by atoms with E-state index >= 15 is 0 Å². The summed E-state index contributed by atoms with van der Waals surface area (Å²) in [5.41, 5.74) is 1.88. The zero-order valence-electron chi connectivity index (χ0n) is 13.3. The molecule has 1 aromatic rings. The Balaban J connectivity index is 2.78. The largest absolute Gasteiger partial charge is 0.496 e. The number of hydrogen-bond acceptors (Lipinski definition) is 3. The molecule has 0 saturated heterocycles. The molecule has 1 amide bonds. The second-order valence-corrected chi connectivity index (χ2v) is 6.10. The van der Waals surface area contributed by atoms with Gasteiger partial charge in [0.15, 0.2) is 0 Å². The van der Waals surface area contributed by atoms with Crippen LogP contribution in [-0.4, -0.2) is 20.1 Å². The fourth-order valence-corrected chi connectivity index (χ4v) is 2.11. The molecule has 0 radical (unpaired) electrons. The van der Waals surface area contributed by atoms with Crippen molar-refractivity contribution < 1.29 is 14.3 Å². The number of amides is 1. The lowest BCUT2D eigenvalue weighted by Crippen LogP contribution is -2.27. The molecule has 0 aliphatic heterocycles. The van der Waals surface area contributed by atoms with Crippen molar-refractivity contribution in [2.24, 2.45) is 5.41 Å². The van der Waals surface area contributed by atoms with Crippen LogP contribution in [0.2, 0.25) is 0 Å². The quantitative estimate of drug-likeness (QED) is 0.901. The summed E-state index contributed by atoms with van der Waals surface area (Å²) >= 11 is 0. The Bertz CT molecular complexity index is 475. The fourth-order valence-electron chi connectivity index (χ4n) is 2.11. The van der Waals surface area contributed by atoms with E-state index in [9.17, 15) is 4.79 Å². The van der Waals surface area contributed by atoms with Crippen molar-refractivity contribution in [1.82, 2.24) is 5.32 Å². The number of hydrogen-bond donors (Lipinski definition) is 1. The van der Waals surface area contributed by atoms with Crippen LogP contribution in [0.5, 0.6) is 11.5 Å². The van der Waals surface area contributed by atoms with Crippen LogP contribution in [0, 0.1) is 12.3 Å². The molecular formula is C16H25NO3. The smallest absolute Gasteiger partial charge is 0.220 e. The van der Waals surface area contributed by atoms with E-state index in [2.05, 4.69) is 5.32 Å². The molecule has 0 spiro atoms. The maximum absolute atomic E-state index is 11.9. The second kappa shape index (κ2) is 6.64. The van der Waals surface area contributed by atoms with E-state index in [1.807, 2.05) is 39.8 Å². The van der Waals surface area contributed by atoms with Gasteiger partial charge in [0.25, 0.3) is 0 Å². The van der Waals surface area contributed by atoms with Crippen LogP contribution in [0.15, 0.2) is 12.1 Å². The van der Waals surface area contributed by atoms with Crippen LogP contribution >= 0.6 is 0 Å². The monoisotopic (exact) mass is 279 g/mol. The first kappa shape index (κ1) is 16.3. The van der Waals surface area contributed by atoms with E-state index in [-0.39, 0.29) is 11.3 Å². The standard InChI is InChI=1S/C16H25NO3/c1-11-13(19-5)8-7-12(15(11)20-6)10-17-14(18)9-16(2,3)4/h7-8H,9-10H2,1-6H3,(H,17,18). The summed E-state index contributed by atoms with van der Waals surface area (Å²) in [4.78, 5) is 11.9. The Morgan fingerprint density at radius 3 is 2.35 bits per heavy atom. The summed E-state index contributed by atoms with van der Waals surface area (Å²) in [6, 6.07) is 3.81. The number of methoxy groups -OCH3 is 2. The van der Waals surface area contributed by atoms with Crippen molar-refractivity contribution in [2.75, 3.05) is 14.2 Å². The molecule has 0 heterocycles. The van der Waals surface area contributed by atoms with E-state index in [1.165, 1.54) is 0 Å². The van der Waals surface area contributed by atoms with E-state index in [4.69, 9.17) is 9.47 Å². The summed E-state index contributed by atoms with van der Waals surface area (Å²) in [6.45, 7) is 8.54. The van der Waals surface area contributed by atoms with Crippen molar-refractivity contribution >= 4 is 5.91 Å². The third-order valence-electron chi connectivity index (χ3n) is 3.03. The van der Waals surface area contributed by atoms with Crippen molar-refractivity contribution in [1.29, 1.82) is 0 Å². The molecule has 20 heavy (non-hydrogen) atoms. The van der Waals surface area contributed by atoms with Gasteiger partial charge in [0.2, 0.25) is 5.91 Å². The van der Waals surface area contributed by atoms with Crippen molar-refractivity contribution in [3.05, 3.63) is 23.3 Å². The molecule has 0 aliphatic carbocycles. The van der Waals surface area contributed by atoms with Crippen molar-refractivity contribution in [2.45, 2.75) is 40.7 Å². The predicted molar refractivity (Wildman–Crippen MR) is 80.2 cm³/mol. The third-order valence-corrected chi connectivity index (χ3v) is 3.03. The number of carbonyl (C=O) groups excluding carboxylic acids is 1. The highest BCUT2D eigenvalue weighted by molar-refractivity contribution is 5.76. The summed E-state index contributed by atoms with van der Waals surface area (Å²) in [5, 5.41) is 2.94. The molecule has 0 aliphatic rings. The summed E-state index contributed by atoms with van der Waals surface area (Å²) in [7, 11) is 3.26. The minimum absolute atomic E-state index is 0.00993. The van der Waals surface area contributed by atoms with Crippen LogP contribution in [0.4, 0.5) is 0 Å². The van der Waals surface area contributed by atoms with E-state index in [1.54, 1.807) is 14.2 Å². The topological polar surface area (TPSA) is 47.6 Å². The maximum atomic E-state index is 11.9. The molecule has 4 heteroatoms. The zero-order chi connectivity index (χ0) is 15.3. The van der Waals surface area contributed by atoms with Crippen LogP contribution in [0.25, 0.3) is 0 Å². The number of ether oxygens (including phenoxy) is 2. The Morgan fingerprint density at radius 2 is 1.85 bits per heavy atom. The minimum atomic E-state index is -0.00993. The van der Waals surface area contributed by atoms with Gasteiger partial charge in [0, 0.05) is 24.1 Å². The second-order valence-electron chi connectivity index (χ2n) is 6.10. The average Bonchev–Trinajstić information content (AvgIpc) is 2.34. The Morgan fingerprint density at radius 1 is 1.20 bits per heavy atom. The highest BCUT2D eigenvalue weighted by Gasteiger charge is 2.17. The molecular weight excluding hydrogens is 254 g/mol. The fraction of sp³-hybridized carbons (Fsp3) is 0.562. The van der Waals surface area contributed by atoms with Gasteiger partial charge in [-0.05, 0) is 24.5 Å². The van der Waals surface area contributed by atoms with Gasteiger partial charge in [-0.1, -0.05) is 20.8 Å². The first-order valence-corrected chi connectivity index (χ1v) is 6.75. The number of rotatable bonds is 5. The summed E-state index contributed by atoms with van der Waals surface area (Å²) in [6.07, 6.45) is 0.504. The van der Waals surface area contributed by atoms with E-state index < -0.39 is 0 Å². The number of carbonyl (C=O) groups is 1. The first-order valence-electron chi connectivity index (χ1n) is 6.75. The molecule has 0 atom stereocenters. The summed E-state index contributed by atoms with van der Waals surface area (Å²) in [5.74, 6) is 1.60. The lowest BCUT2D eigenvalue weighted by atomic mass is 9.92. The molecule has 112 valence electrons. The zero-order valence-corrected chi connectivity index (χ0v) is 13.3. The third kappa shape index (κ3) is 4.44. The van der Waals surface area contributed by atoms with Crippen LogP contribution in [0.3, 0.4) is 0 Å². The number of benzene rings is 1. The van der Waals surface area contributed by atoms with Gasteiger partial charge in [0.1, 0.15) is 11.5 Å². The molecule has 0 aromatic heterocycles. The van der Waals surface area contributed by atoms with Crippen LogP contribution in [-0.2, 0) is 11.3 Å². The lowest BCUT2D eigenvalue weighted by molar-refractivity contribution is -0.122.